The minimum atomic E-state index is 0.240. The molecule has 12 heavy (non-hydrogen) atoms. The molecule has 4 heteroatoms. The summed E-state index contributed by atoms with van der Waals surface area (Å²) in [5, 5.41) is 12.3. The molecule has 2 saturated heterocycles. The lowest BCUT2D eigenvalue weighted by atomic mass is 10.1. The molecule has 0 amide bonds. The molecule has 2 heterocycles. The highest BCUT2D eigenvalue weighted by Crippen LogP contribution is 2.10. The van der Waals surface area contributed by atoms with Gasteiger partial charge in [-0.2, -0.15) is 0 Å². The van der Waals surface area contributed by atoms with Crippen molar-refractivity contribution in [2.45, 2.75) is 12.1 Å². The van der Waals surface area contributed by atoms with Crippen LogP contribution in [0, 0.1) is 0 Å². The minimum absolute atomic E-state index is 0.240. The highest BCUT2D eigenvalue weighted by atomic mass is 16.5. The summed E-state index contributed by atoms with van der Waals surface area (Å²) in [4.78, 5) is 2.40. The number of aliphatic hydroxyl groups excluding tert-OH is 1. The molecular weight excluding hydrogens is 156 g/mol. The van der Waals surface area contributed by atoms with Crippen LogP contribution in [0.3, 0.4) is 0 Å². The molecule has 70 valence electrons. The van der Waals surface area contributed by atoms with Gasteiger partial charge in [0.1, 0.15) is 0 Å². The highest BCUT2D eigenvalue weighted by Gasteiger charge is 2.29. The summed E-state index contributed by atoms with van der Waals surface area (Å²) >= 11 is 0. The number of morpholine rings is 1. The zero-order valence-electron chi connectivity index (χ0n) is 7.20. The van der Waals surface area contributed by atoms with Gasteiger partial charge in [0.2, 0.25) is 0 Å². The summed E-state index contributed by atoms with van der Waals surface area (Å²) in [6.45, 7) is 4.85. The second-order valence-corrected chi connectivity index (χ2v) is 3.51. The van der Waals surface area contributed by atoms with Crippen molar-refractivity contribution in [2.24, 2.45) is 0 Å². The van der Waals surface area contributed by atoms with Crippen molar-refractivity contribution in [3.8, 4) is 0 Å². The van der Waals surface area contributed by atoms with Crippen LogP contribution >= 0.6 is 0 Å². The van der Waals surface area contributed by atoms with Crippen LogP contribution in [0.1, 0.15) is 0 Å². The fraction of sp³-hybridized carbons (Fsp3) is 1.00. The topological polar surface area (TPSA) is 44.7 Å². The lowest BCUT2D eigenvalue weighted by Crippen LogP contribution is -2.61. The average molecular weight is 172 g/mol. The van der Waals surface area contributed by atoms with Crippen LogP contribution < -0.4 is 5.32 Å². The number of hydrogen-bond donors (Lipinski definition) is 2. The van der Waals surface area contributed by atoms with Crippen LogP contribution in [0.5, 0.6) is 0 Å². The van der Waals surface area contributed by atoms with Crippen LogP contribution in [0.25, 0.3) is 0 Å². The van der Waals surface area contributed by atoms with Crippen LogP contribution in [0.4, 0.5) is 0 Å². The molecule has 0 spiro atoms. The lowest BCUT2D eigenvalue weighted by Gasteiger charge is -2.42. The first-order valence-corrected chi connectivity index (χ1v) is 4.56. The summed E-state index contributed by atoms with van der Waals surface area (Å²) in [5.41, 5.74) is 0. The Balaban J connectivity index is 1.90. The summed E-state index contributed by atoms with van der Waals surface area (Å²) in [6.07, 6.45) is 0. The maximum absolute atomic E-state index is 8.96. The van der Waals surface area contributed by atoms with Crippen LogP contribution in [0.15, 0.2) is 0 Å². The van der Waals surface area contributed by atoms with Gasteiger partial charge in [-0.25, -0.2) is 0 Å². The maximum atomic E-state index is 8.96. The van der Waals surface area contributed by atoms with E-state index in [1.807, 2.05) is 0 Å². The minimum Gasteiger partial charge on any atom is -0.395 e. The fourth-order valence-electron chi connectivity index (χ4n) is 1.89. The van der Waals surface area contributed by atoms with Crippen molar-refractivity contribution in [1.29, 1.82) is 0 Å². The number of fused-ring (bicyclic) bond motifs is 1. The first kappa shape index (κ1) is 8.44. The second-order valence-electron chi connectivity index (χ2n) is 3.51. The van der Waals surface area contributed by atoms with Crippen molar-refractivity contribution in [1.82, 2.24) is 10.2 Å². The largest absolute Gasteiger partial charge is 0.395 e. The van der Waals surface area contributed by atoms with E-state index in [0.717, 1.165) is 32.8 Å². The standard InChI is InChI=1S/C8H16N2O2/c11-5-7-4-10-1-2-12-6-8(10)3-9-7/h7-9,11H,1-6H2/t7-,8?/m1/s1. The monoisotopic (exact) mass is 172 g/mol. The molecule has 2 fully saturated rings. The molecule has 0 radical (unpaired) electrons. The van der Waals surface area contributed by atoms with Gasteiger partial charge < -0.3 is 15.2 Å². The average Bonchev–Trinajstić information content (AvgIpc) is 2.17. The molecule has 0 aromatic heterocycles. The zero-order chi connectivity index (χ0) is 8.39. The quantitative estimate of drug-likeness (QED) is 0.513. The second kappa shape index (κ2) is 3.70. The Morgan fingerprint density at radius 1 is 1.58 bits per heavy atom. The molecule has 0 aromatic rings. The van der Waals surface area contributed by atoms with E-state index in [-0.39, 0.29) is 12.6 Å². The first-order chi connectivity index (χ1) is 5.90. The van der Waals surface area contributed by atoms with Gasteiger partial charge in [0.05, 0.1) is 19.8 Å². The van der Waals surface area contributed by atoms with Gasteiger partial charge in [-0.3, -0.25) is 4.90 Å². The number of nitrogens with zero attached hydrogens (tertiary/aromatic N) is 1. The zero-order valence-corrected chi connectivity index (χ0v) is 7.20. The molecule has 0 aromatic carbocycles. The molecular formula is C8H16N2O2. The van der Waals surface area contributed by atoms with Crippen molar-refractivity contribution in [3.63, 3.8) is 0 Å². The molecule has 0 aliphatic carbocycles. The van der Waals surface area contributed by atoms with Gasteiger partial charge in [0.25, 0.3) is 0 Å². The van der Waals surface area contributed by atoms with Gasteiger partial charge in [-0.05, 0) is 0 Å². The number of aliphatic hydroxyl groups is 1. The number of rotatable bonds is 1. The molecule has 2 atom stereocenters. The van der Waals surface area contributed by atoms with E-state index in [2.05, 4.69) is 10.2 Å². The first-order valence-electron chi connectivity index (χ1n) is 4.56. The van der Waals surface area contributed by atoms with Crippen LogP contribution in [0.2, 0.25) is 0 Å². The van der Waals surface area contributed by atoms with E-state index < -0.39 is 0 Å². The van der Waals surface area contributed by atoms with Crippen molar-refractivity contribution < 1.29 is 9.84 Å². The number of nitrogens with one attached hydrogen (secondary N) is 1. The molecule has 4 nitrogen and oxygen atoms in total. The van der Waals surface area contributed by atoms with Gasteiger partial charge in [-0.1, -0.05) is 0 Å². The summed E-state index contributed by atoms with van der Waals surface area (Å²) in [7, 11) is 0. The summed E-state index contributed by atoms with van der Waals surface area (Å²) in [6, 6.07) is 0.792. The van der Waals surface area contributed by atoms with Crippen LogP contribution in [-0.2, 0) is 4.74 Å². The number of ether oxygens (including phenoxy) is 1. The highest BCUT2D eigenvalue weighted by molar-refractivity contribution is 4.87. The predicted molar refractivity (Wildman–Crippen MR) is 45.1 cm³/mol. The Morgan fingerprint density at radius 2 is 2.50 bits per heavy atom. The molecule has 2 N–H and O–H groups in total. The van der Waals surface area contributed by atoms with Crippen LogP contribution in [-0.4, -0.2) is 61.5 Å². The molecule has 2 rings (SSSR count). The summed E-state index contributed by atoms with van der Waals surface area (Å²) in [5.74, 6) is 0. The fourth-order valence-corrected chi connectivity index (χ4v) is 1.89. The van der Waals surface area contributed by atoms with Crippen molar-refractivity contribution >= 4 is 0 Å². The van der Waals surface area contributed by atoms with E-state index in [4.69, 9.17) is 9.84 Å². The predicted octanol–water partition coefficient (Wildman–Crippen LogP) is -1.35. The third-order valence-corrected chi connectivity index (χ3v) is 2.67. The molecule has 1 unspecified atom stereocenters. The Hall–Kier alpha value is -0.160. The van der Waals surface area contributed by atoms with Gasteiger partial charge in [0, 0.05) is 31.7 Å². The van der Waals surface area contributed by atoms with Gasteiger partial charge in [-0.15, -0.1) is 0 Å². The molecule has 0 bridgehead atoms. The van der Waals surface area contributed by atoms with Gasteiger partial charge >= 0.3 is 0 Å². The smallest absolute Gasteiger partial charge is 0.0634 e. The Kier molecular flexibility index (Phi) is 2.60. The third kappa shape index (κ3) is 1.61. The van der Waals surface area contributed by atoms with E-state index in [0.29, 0.717) is 6.04 Å². The Bertz CT molecular complexity index is 154. The summed E-state index contributed by atoms with van der Waals surface area (Å²) < 4.78 is 5.36. The number of hydrogen-bond acceptors (Lipinski definition) is 4. The van der Waals surface area contributed by atoms with E-state index in [9.17, 15) is 0 Å². The van der Waals surface area contributed by atoms with E-state index in [1.54, 1.807) is 0 Å². The Labute approximate surface area is 72.5 Å². The molecule has 2 aliphatic heterocycles. The van der Waals surface area contributed by atoms with E-state index in [1.165, 1.54) is 0 Å². The number of piperazine rings is 1. The lowest BCUT2D eigenvalue weighted by molar-refractivity contribution is -0.0307. The Morgan fingerprint density at radius 3 is 3.33 bits per heavy atom. The van der Waals surface area contributed by atoms with E-state index >= 15 is 0 Å². The van der Waals surface area contributed by atoms with Gasteiger partial charge in [0.15, 0.2) is 0 Å². The van der Waals surface area contributed by atoms with Crippen molar-refractivity contribution in [3.05, 3.63) is 0 Å². The molecule has 0 saturated carbocycles. The normalized spacial score (nSPS) is 37.8. The maximum Gasteiger partial charge on any atom is 0.0634 e. The SMILES string of the molecule is OC[C@H]1CN2CCOCC2CN1. The third-order valence-electron chi connectivity index (χ3n) is 2.67. The molecule has 2 aliphatic rings. The van der Waals surface area contributed by atoms with Crippen molar-refractivity contribution in [2.75, 3.05) is 39.5 Å².